The predicted octanol–water partition coefficient (Wildman–Crippen LogP) is 3.57. The van der Waals surface area contributed by atoms with E-state index in [1.54, 1.807) is 7.11 Å². The molecule has 0 aliphatic heterocycles. The van der Waals surface area contributed by atoms with Crippen LogP contribution in [-0.2, 0) is 11.3 Å². The summed E-state index contributed by atoms with van der Waals surface area (Å²) < 4.78 is 10.6. The molecule has 7 heteroatoms. The third-order valence-corrected chi connectivity index (χ3v) is 4.83. The molecule has 0 spiro atoms. The summed E-state index contributed by atoms with van der Waals surface area (Å²) in [7, 11) is 1.66. The van der Waals surface area contributed by atoms with E-state index in [0.29, 0.717) is 19.0 Å². The van der Waals surface area contributed by atoms with Gasteiger partial charge in [-0.2, -0.15) is 0 Å². The first kappa shape index (κ1) is 26.9. The number of nitrogens with zero attached hydrogens (tertiary/aromatic N) is 1. The molecule has 0 amide bonds. The van der Waals surface area contributed by atoms with Crippen LogP contribution in [0.4, 0.5) is 0 Å². The molecule has 3 N–H and O–H groups in total. The van der Waals surface area contributed by atoms with Gasteiger partial charge in [-0.3, -0.25) is 0 Å². The molecule has 1 aromatic carbocycles. The highest BCUT2D eigenvalue weighted by atomic mass is 127. The first-order valence-electron chi connectivity index (χ1n) is 9.88. The minimum absolute atomic E-state index is 0. The first-order chi connectivity index (χ1) is 12.9. The minimum Gasteiger partial charge on any atom is -0.497 e. The lowest BCUT2D eigenvalue weighted by molar-refractivity contribution is 0.00930. The number of ether oxygens (including phenoxy) is 2. The van der Waals surface area contributed by atoms with Crippen molar-refractivity contribution in [1.29, 1.82) is 0 Å². The molecule has 0 aliphatic carbocycles. The van der Waals surface area contributed by atoms with Crippen LogP contribution in [-0.4, -0.2) is 50.1 Å². The summed E-state index contributed by atoms with van der Waals surface area (Å²) >= 11 is 0. The van der Waals surface area contributed by atoms with Crippen LogP contribution in [0.3, 0.4) is 0 Å². The van der Waals surface area contributed by atoms with Gasteiger partial charge in [0.1, 0.15) is 5.75 Å². The molecule has 0 radical (unpaired) electrons. The summed E-state index contributed by atoms with van der Waals surface area (Å²) in [4.78, 5) is 4.66. The van der Waals surface area contributed by atoms with Gasteiger partial charge in [0.15, 0.2) is 5.96 Å². The van der Waals surface area contributed by atoms with Crippen molar-refractivity contribution in [3.63, 3.8) is 0 Å². The van der Waals surface area contributed by atoms with Crippen molar-refractivity contribution in [3.8, 4) is 5.75 Å². The average Bonchev–Trinajstić information content (AvgIpc) is 2.68. The third-order valence-electron chi connectivity index (χ3n) is 4.83. The molecule has 0 heterocycles. The summed E-state index contributed by atoms with van der Waals surface area (Å²) in [5, 5.41) is 17.2. The molecule has 162 valence electrons. The highest BCUT2D eigenvalue weighted by Crippen LogP contribution is 2.18. The Labute approximate surface area is 187 Å². The molecular weight excluding hydrogens is 469 g/mol. The van der Waals surface area contributed by atoms with Gasteiger partial charge < -0.3 is 25.2 Å². The molecule has 2 unspecified atom stereocenters. The highest BCUT2D eigenvalue weighted by Gasteiger charge is 2.27. The number of hydrogen-bond acceptors (Lipinski definition) is 4. The number of hydrogen-bond donors (Lipinski definition) is 3. The molecule has 2 atom stereocenters. The van der Waals surface area contributed by atoms with Crippen LogP contribution >= 0.6 is 24.0 Å². The summed E-state index contributed by atoms with van der Waals surface area (Å²) in [6.07, 6.45) is 1.83. The fourth-order valence-corrected chi connectivity index (χ4v) is 2.48. The van der Waals surface area contributed by atoms with Gasteiger partial charge in [-0.15, -0.1) is 24.0 Å². The van der Waals surface area contributed by atoms with Crippen molar-refractivity contribution in [3.05, 3.63) is 29.8 Å². The first-order valence-corrected chi connectivity index (χ1v) is 9.88. The van der Waals surface area contributed by atoms with Crippen LogP contribution in [0.2, 0.25) is 0 Å². The molecule has 0 saturated heterocycles. The zero-order chi connectivity index (χ0) is 20.1. The fourth-order valence-electron chi connectivity index (χ4n) is 2.48. The topological polar surface area (TPSA) is 75.1 Å². The molecule has 1 aromatic rings. The van der Waals surface area contributed by atoms with E-state index in [4.69, 9.17) is 9.47 Å². The smallest absolute Gasteiger partial charge is 0.191 e. The number of methoxy groups -OCH3 is 1. The van der Waals surface area contributed by atoms with E-state index < -0.39 is 5.60 Å². The maximum absolute atomic E-state index is 10.6. The largest absolute Gasteiger partial charge is 0.497 e. The van der Waals surface area contributed by atoms with Crippen LogP contribution in [0, 0.1) is 5.92 Å². The van der Waals surface area contributed by atoms with Gasteiger partial charge in [-0.1, -0.05) is 32.4 Å². The maximum Gasteiger partial charge on any atom is 0.191 e. The quantitative estimate of drug-likeness (QED) is 0.175. The second-order valence-corrected chi connectivity index (χ2v) is 7.01. The lowest BCUT2D eigenvalue weighted by Gasteiger charge is -2.30. The summed E-state index contributed by atoms with van der Waals surface area (Å²) in [5.74, 6) is 1.73. The number of aliphatic imine (C=N–C) groups is 1. The summed E-state index contributed by atoms with van der Waals surface area (Å²) in [6.45, 7) is 11.2. The Bertz CT molecular complexity index is 550. The maximum atomic E-state index is 10.6. The van der Waals surface area contributed by atoms with Gasteiger partial charge in [0.05, 0.1) is 19.3 Å². The normalized spacial score (nSPS) is 14.6. The van der Waals surface area contributed by atoms with Crippen LogP contribution in [0.1, 0.15) is 46.1 Å². The zero-order valence-electron chi connectivity index (χ0n) is 18.0. The third kappa shape index (κ3) is 10.5. The molecule has 0 saturated carbocycles. The predicted molar refractivity (Wildman–Crippen MR) is 127 cm³/mol. The second kappa shape index (κ2) is 14.9. The zero-order valence-corrected chi connectivity index (χ0v) is 20.3. The van der Waals surface area contributed by atoms with E-state index >= 15 is 0 Å². The number of guanidine groups is 1. The van der Waals surface area contributed by atoms with Gasteiger partial charge in [0.25, 0.3) is 0 Å². The van der Waals surface area contributed by atoms with Crippen molar-refractivity contribution < 1.29 is 14.6 Å². The Morgan fingerprint density at radius 1 is 1.21 bits per heavy atom. The Balaban J connectivity index is 0.00000729. The lowest BCUT2D eigenvalue weighted by atomic mass is 9.89. The molecule has 0 bridgehead atoms. The standard InChI is InChI=1S/C21H37N3O3.HI/c1-6-17(3)21(4,25)16-24-20(22-13-8-14-27-7-2)23-15-18-9-11-19(26-5)12-10-18;/h9-12,17,25H,6-8,13-16H2,1-5H3,(H2,22,23,24);1H. The van der Waals surface area contributed by atoms with E-state index in [0.717, 1.165) is 43.9 Å². The SMILES string of the molecule is CCOCCCNC(=NCc1ccc(OC)cc1)NCC(C)(O)C(C)CC.I. The van der Waals surface area contributed by atoms with E-state index in [-0.39, 0.29) is 29.9 Å². The lowest BCUT2D eigenvalue weighted by Crippen LogP contribution is -2.48. The van der Waals surface area contributed by atoms with Crippen LogP contribution in [0.25, 0.3) is 0 Å². The van der Waals surface area contributed by atoms with Crippen molar-refractivity contribution in [2.24, 2.45) is 10.9 Å². The Morgan fingerprint density at radius 3 is 2.46 bits per heavy atom. The van der Waals surface area contributed by atoms with Crippen LogP contribution in [0.5, 0.6) is 5.75 Å². The Kier molecular flexibility index (Phi) is 14.3. The van der Waals surface area contributed by atoms with E-state index in [1.807, 2.05) is 38.1 Å². The Morgan fingerprint density at radius 2 is 1.89 bits per heavy atom. The molecule has 0 aromatic heterocycles. The van der Waals surface area contributed by atoms with E-state index in [9.17, 15) is 5.11 Å². The number of nitrogens with one attached hydrogen (secondary N) is 2. The van der Waals surface area contributed by atoms with Gasteiger partial charge in [-0.05, 0) is 43.9 Å². The monoisotopic (exact) mass is 507 g/mol. The summed E-state index contributed by atoms with van der Waals surface area (Å²) in [6, 6.07) is 7.87. The highest BCUT2D eigenvalue weighted by molar-refractivity contribution is 14.0. The molecule has 0 aliphatic rings. The Hall–Kier alpha value is -1.06. The van der Waals surface area contributed by atoms with E-state index in [2.05, 4.69) is 29.5 Å². The van der Waals surface area contributed by atoms with Crippen molar-refractivity contribution in [2.45, 2.75) is 52.7 Å². The summed E-state index contributed by atoms with van der Waals surface area (Å²) in [5.41, 5.74) is 0.308. The molecular formula is C21H38IN3O3. The van der Waals surface area contributed by atoms with Crippen molar-refractivity contribution in [2.75, 3.05) is 33.4 Å². The van der Waals surface area contributed by atoms with Gasteiger partial charge >= 0.3 is 0 Å². The van der Waals surface area contributed by atoms with Gasteiger partial charge in [0.2, 0.25) is 0 Å². The average molecular weight is 507 g/mol. The van der Waals surface area contributed by atoms with Gasteiger partial charge in [0, 0.05) is 26.3 Å². The van der Waals surface area contributed by atoms with Crippen molar-refractivity contribution in [1.82, 2.24) is 10.6 Å². The second-order valence-electron chi connectivity index (χ2n) is 7.01. The number of benzene rings is 1. The van der Waals surface area contributed by atoms with Gasteiger partial charge in [-0.25, -0.2) is 4.99 Å². The molecule has 28 heavy (non-hydrogen) atoms. The number of rotatable bonds is 12. The fraction of sp³-hybridized carbons (Fsp3) is 0.667. The van der Waals surface area contributed by atoms with Crippen LogP contribution in [0.15, 0.2) is 29.3 Å². The molecule has 0 fully saturated rings. The molecule has 6 nitrogen and oxygen atoms in total. The van der Waals surface area contributed by atoms with Crippen molar-refractivity contribution >= 4 is 29.9 Å². The number of aliphatic hydroxyl groups is 1. The van der Waals surface area contributed by atoms with E-state index in [1.165, 1.54) is 0 Å². The number of halogens is 1. The minimum atomic E-state index is -0.789. The molecule has 1 rings (SSSR count). The van der Waals surface area contributed by atoms with Crippen LogP contribution < -0.4 is 15.4 Å².